The fraction of sp³-hybridized carbons (Fsp3) is 0.400. The Morgan fingerprint density at radius 2 is 1.84 bits per heavy atom. The molecule has 1 aromatic heterocycles. The van der Waals surface area contributed by atoms with E-state index in [1.54, 1.807) is 7.05 Å². The highest BCUT2D eigenvalue weighted by molar-refractivity contribution is 5.80. The van der Waals surface area contributed by atoms with Gasteiger partial charge in [0, 0.05) is 33.2 Å². The number of hydrogen-bond acceptors (Lipinski definition) is 4. The molecule has 4 rings (SSSR count). The molecule has 7 nitrogen and oxygen atoms in total. The zero-order chi connectivity index (χ0) is 22.3. The fourth-order valence-electron chi connectivity index (χ4n) is 4.20. The van der Waals surface area contributed by atoms with Crippen LogP contribution >= 0.6 is 0 Å². The van der Waals surface area contributed by atoms with Crippen molar-refractivity contribution in [1.29, 1.82) is 0 Å². The molecule has 0 amide bonds. The van der Waals surface area contributed by atoms with Crippen molar-refractivity contribution in [2.45, 2.75) is 32.9 Å². The van der Waals surface area contributed by atoms with Gasteiger partial charge in [0.25, 0.3) is 0 Å². The standard InChI is InChI=1S/C25H31N5O2/c1-3-32-24(31)21-12-14-29(15-13-21)25(26-2)27-16-19-8-10-20(11-9-19)17-30-18-28-22-6-4-5-7-23(22)30/h4-11,18,21H,3,12-17H2,1-2H3,(H,26,27). The molecule has 0 unspecified atom stereocenters. The quantitative estimate of drug-likeness (QED) is 0.366. The van der Waals surface area contributed by atoms with E-state index in [9.17, 15) is 4.79 Å². The summed E-state index contributed by atoms with van der Waals surface area (Å²) in [6.07, 6.45) is 3.50. The Bertz CT molecular complexity index is 1070. The third kappa shape index (κ3) is 5.10. The van der Waals surface area contributed by atoms with E-state index in [1.165, 1.54) is 11.1 Å². The molecule has 168 valence electrons. The number of benzene rings is 2. The van der Waals surface area contributed by atoms with Crippen LogP contribution in [0.3, 0.4) is 0 Å². The minimum absolute atomic E-state index is 0.00414. The summed E-state index contributed by atoms with van der Waals surface area (Å²) < 4.78 is 7.33. The number of piperidine rings is 1. The normalized spacial score (nSPS) is 15.2. The lowest BCUT2D eigenvalue weighted by molar-refractivity contribution is -0.149. The van der Waals surface area contributed by atoms with E-state index in [2.05, 4.69) is 55.1 Å². The van der Waals surface area contributed by atoms with E-state index in [4.69, 9.17) is 4.74 Å². The van der Waals surface area contributed by atoms with Crippen LogP contribution in [0, 0.1) is 5.92 Å². The van der Waals surface area contributed by atoms with Crippen molar-refractivity contribution in [3.63, 3.8) is 0 Å². The SMILES string of the molecule is CCOC(=O)C1CCN(C(=NC)NCc2ccc(Cn3cnc4ccccc43)cc2)CC1. The maximum atomic E-state index is 12.0. The van der Waals surface area contributed by atoms with Crippen molar-refractivity contribution in [3.05, 3.63) is 66.0 Å². The zero-order valence-corrected chi connectivity index (χ0v) is 18.8. The van der Waals surface area contributed by atoms with Crippen LogP contribution in [0.15, 0.2) is 59.9 Å². The average molecular weight is 434 g/mol. The van der Waals surface area contributed by atoms with Gasteiger partial charge in [-0.05, 0) is 43.0 Å². The summed E-state index contributed by atoms with van der Waals surface area (Å²) in [5.41, 5.74) is 4.61. The Balaban J connectivity index is 1.29. The Morgan fingerprint density at radius 1 is 1.12 bits per heavy atom. The summed E-state index contributed by atoms with van der Waals surface area (Å²) >= 11 is 0. The molecule has 7 heteroatoms. The van der Waals surface area contributed by atoms with E-state index in [0.717, 1.165) is 49.5 Å². The number of aliphatic imine (C=N–C) groups is 1. The van der Waals surface area contributed by atoms with Crippen LogP contribution in [0.25, 0.3) is 11.0 Å². The molecule has 32 heavy (non-hydrogen) atoms. The van der Waals surface area contributed by atoms with Gasteiger partial charge in [0.1, 0.15) is 0 Å². The van der Waals surface area contributed by atoms with Gasteiger partial charge >= 0.3 is 5.97 Å². The summed E-state index contributed by atoms with van der Waals surface area (Å²) in [5.74, 6) is 0.810. The van der Waals surface area contributed by atoms with Gasteiger partial charge < -0.3 is 19.5 Å². The molecule has 0 radical (unpaired) electrons. The number of likely N-dealkylation sites (tertiary alicyclic amines) is 1. The number of hydrogen-bond donors (Lipinski definition) is 1. The average Bonchev–Trinajstić information content (AvgIpc) is 3.24. The second-order valence-electron chi connectivity index (χ2n) is 8.09. The highest BCUT2D eigenvalue weighted by Gasteiger charge is 2.27. The third-order valence-corrected chi connectivity index (χ3v) is 5.98. The largest absolute Gasteiger partial charge is 0.466 e. The second kappa shape index (κ2) is 10.3. The molecule has 3 aromatic rings. The van der Waals surface area contributed by atoms with Crippen molar-refractivity contribution in [2.24, 2.45) is 10.9 Å². The molecule has 1 N–H and O–H groups in total. The first-order valence-corrected chi connectivity index (χ1v) is 11.3. The van der Waals surface area contributed by atoms with Crippen LogP contribution in [0.5, 0.6) is 0 Å². The highest BCUT2D eigenvalue weighted by atomic mass is 16.5. The van der Waals surface area contributed by atoms with Crippen molar-refractivity contribution in [2.75, 3.05) is 26.7 Å². The van der Waals surface area contributed by atoms with Gasteiger partial charge in [-0.15, -0.1) is 0 Å². The topological polar surface area (TPSA) is 71.8 Å². The van der Waals surface area contributed by atoms with Crippen LogP contribution in [0.1, 0.15) is 30.9 Å². The minimum Gasteiger partial charge on any atom is -0.466 e. The number of imidazole rings is 1. The van der Waals surface area contributed by atoms with E-state index < -0.39 is 0 Å². The lowest BCUT2D eigenvalue weighted by Crippen LogP contribution is -2.46. The molecule has 0 spiro atoms. The first kappa shape index (κ1) is 21.9. The first-order valence-electron chi connectivity index (χ1n) is 11.3. The molecule has 1 saturated heterocycles. The number of guanidine groups is 1. The van der Waals surface area contributed by atoms with Crippen LogP contribution in [-0.4, -0.2) is 53.1 Å². The molecule has 2 heterocycles. The lowest BCUT2D eigenvalue weighted by Gasteiger charge is -2.33. The van der Waals surface area contributed by atoms with Crippen molar-refractivity contribution < 1.29 is 9.53 Å². The third-order valence-electron chi connectivity index (χ3n) is 5.98. The maximum absolute atomic E-state index is 12.0. The molecule has 0 bridgehead atoms. The maximum Gasteiger partial charge on any atom is 0.309 e. The number of carbonyl (C=O) groups is 1. The molecule has 1 aliphatic rings. The number of nitrogens with one attached hydrogen (secondary N) is 1. The number of esters is 1. The van der Waals surface area contributed by atoms with Crippen LogP contribution < -0.4 is 5.32 Å². The number of nitrogens with zero attached hydrogens (tertiary/aromatic N) is 4. The molecule has 1 fully saturated rings. The number of carbonyl (C=O) groups excluding carboxylic acids is 1. The molecule has 0 atom stereocenters. The summed E-state index contributed by atoms with van der Waals surface area (Å²) in [5, 5.41) is 3.46. The van der Waals surface area contributed by atoms with Crippen LogP contribution in [0.2, 0.25) is 0 Å². The number of rotatable bonds is 6. The second-order valence-corrected chi connectivity index (χ2v) is 8.09. The predicted molar refractivity (Wildman–Crippen MR) is 126 cm³/mol. The Labute approximate surface area is 189 Å². The van der Waals surface area contributed by atoms with Gasteiger partial charge in [-0.2, -0.15) is 0 Å². The van der Waals surface area contributed by atoms with Crippen molar-refractivity contribution >= 4 is 23.0 Å². The first-order chi connectivity index (χ1) is 15.7. The Kier molecular flexibility index (Phi) is 7.04. The van der Waals surface area contributed by atoms with E-state index in [1.807, 2.05) is 31.5 Å². The lowest BCUT2D eigenvalue weighted by atomic mass is 9.97. The monoisotopic (exact) mass is 433 g/mol. The van der Waals surface area contributed by atoms with E-state index in [0.29, 0.717) is 13.2 Å². The van der Waals surface area contributed by atoms with Gasteiger partial charge in [0.15, 0.2) is 5.96 Å². The molecule has 1 aliphatic heterocycles. The molecular weight excluding hydrogens is 402 g/mol. The van der Waals surface area contributed by atoms with Crippen molar-refractivity contribution in [3.8, 4) is 0 Å². The van der Waals surface area contributed by atoms with Gasteiger partial charge in [-0.1, -0.05) is 36.4 Å². The zero-order valence-electron chi connectivity index (χ0n) is 18.8. The van der Waals surface area contributed by atoms with Gasteiger partial charge in [0.05, 0.1) is 29.9 Å². The van der Waals surface area contributed by atoms with Gasteiger partial charge in [-0.3, -0.25) is 9.79 Å². The number of aromatic nitrogens is 2. The predicted octanol–water partition coefficient (Wildman–Crippen LogP) is 3.44. The molecular formula is C25H31N5O2. The molecule has 0 aliphatic carbocycles. The van der Waals surface area contributed by atoms with Gasteiger partial charge in [-0.25, -0.2) is 4.98 Å². The number of para-hydroxylation sites is 2. The summed E-state index contributed by atoms with van der Waals surface area (Å²) in [6, 6.07) is 16.8. The summed E-state index contributed by atoms with van der Waals surface area (Å²) in [4.78, 5) is 23.1. The molecule has 0 saturated carbocycles. The summed E-state index contributed by atoms with van der Waals surface area (Å²) in [6.45, 7) is 5.41. The number of ether oxygens (including phenoxy) is 1. The van der Waals surface area contributed by atoms with Crippen molar-refractivity contribution in [1.82, 2.24) is 19.8 Å². The minimum atomic E-state index is -0.0705. The fourth-order valence-corrected chi connectivity index (χ4v) is 4.20. The Hall–Kier alpha value is -3.35. The number of fused-ring (bicyclic) bond motifs is 1. The smallest absolute Gasteiger partial charge is 0.309 e. The Morgan fingerprint density at radius 3 is 2.56 bits per heavy atom. The highest BCUT2D eigenvalue weighted by Crippen LogP contribution is 2.19. The van der Waals surface area contributed by atoms with Crippen LogP contribution in [-0.2, 0) is 22.6 Å². The van der Waals surface area contributed by atoms with Crippen LogP contribution in [0.4, 0.5) is 0 Å². The molecule has 2 aromatic carbocycles. The van der Waals surface area contributed by atoms with E-state index in [-0.39, 0.29) is 11.9 Å². The summed E-state index contributed by atoms with van der Waals surface area (Å²) in [7, 11) is 1.80. The van der Waals surface area contributed by atoms with E-state index >= 15 is 0 Å². The van der Waals surface area contributed by atoms with Gasteiger partial charge in [0.2, 0.25) is 0 Å².